The van der Waals surface area contributed by atoms with Crippen molar-refractivity contribution in [1.82, 2.24) is 10.2 Å². The van der Waals surface area contributed by atoms with Crippen LogP contribution in [0, 0.1) is 17.8 Å². The molecule has 2 bridgehead atoms. The molecule has 5 heteroatoms. The lowest BCUT2D eigenvalue weighted by molar-refractivity contribution is -0.121. The minimum absolute atomic E-state index is 0.00588. The molecule has 0 aromatic carbocycles. The van der Waals surface area contributed by atoms with Gasteiger partial charge >= 0.3 is 0 Å². The lowest BCUT2D eigenvalue weighted by atomic mass is 9.84. The van der Waals surface area contributed by atoms with E-state index in [1.54, 1.807) is 12.4 Å². The van der Waals surface area contributed by atoms with Crippen molar-refractivity contribution in [3.05, 3.63) is 12.4 Å². The van der Waals surface area contributed by atoms with E-state index in [1.807, 2.05) is 0 Å². The molecule has 5 nitrogen and oxygen atoms in total. The maximum atomic E-state index is 12.1. The van der Waals surface area contributed by atoms with Crippen LogP contribution in [0.1, 0.15) is 19.3 Å². The predicted molar refractivity (Wildman–Crippen MR) is 59.5 cm³/mol. The van der Waals surface area contributed by atoms with Gasteiger partial charge in [-0.25, -0.2) is 0 Å². The van der Waals surface area contributed by atoms with Gasteiger partial charge in [0.05, 0.1) is 17.8 Å². The van der Waals surface area contributed by atoms with Crippen molar-refractivity contribution in [2.45, 2.75) is 25.3 Å². The highest BCUT2D eigenvalue weighted by atomic mass is 16.2. The van der Waals surface area contributed by atoms with Crippen LogP contribution in [0.5, 0.6) is 0 Å². The molecule has 4 atom stereocenters. The molecule has 2 aliphatic rings. The number of anilines is 1. The summed E-state index contributed by atoms with van der Waals surface area (Å²) < 4.78 is 0. The number of nitrogens with one attached hydrogen (secondary N) is 2. The van der Waals surface area contributed by atoms with Crippen molar-refractivity contribution in [3.8, 4) is 0 Å². The number of hydrogen-bond acceptors (Lipinski definition) is 3. The smallest absolute Gasteiger partial charge is 0.229 e. The fourth-order valence-electron chi connectivity index (χ4n) is 3.27. The number of carbonyl (C=O) groups excluding carboxylic acids is 1. The van der Waals surface area contributed by atoms with Gasteiger partial charge < -0.3 is 11.1 Å². The molecule has 0 spiro atoms. The SMILES string of the molecule is NC1C2CCC(C2)C1C(=O)Nc1cn[nH]c1. The lowest BCUT2D eigenvalue weighted by Gasteiger charge is -2.26. The van der Waals surface area contributed by atoms with Gasteiger partial charge in [0, 0.05) is 12.2 Å². The van der Waals surface area contributed by atoms with Gasteiger partial charge in [0.2, 0.25) is 5.91 Å². The second-order valence-electron chi connectivity index (χ2n) is 4.91. The Bertz CT molecular complexity index is 387. The molecule has 2 fully saturated rings. The highest BCUT2D eigenvalue weighted by Crippen LogP contribution is 2.47. The van der Waals surface area contributed by atoms with Crippen LogP contribution in [0.2, 0.25) is 0 Å². The normalized spacial score (nSPS) is 36.6. The standard InChI is InChI=1S/C11H16N4O/c12-10-7-2-1-6(3-7)9(10)11(16)15-8-4-13-14-5-8/h4-7,9-10H,1-3,12H2,(H,13,14)(H,15,16). The Morgan fingerprint density at radius 1 is 1.50 bits per heavy atom. The molecule has 4 N–H and O–H groups in total. The van der Waals surface area contributed by atoms with E-state index in [1.165, 1.54) is 6.42 Å². The third-order valence-corrected chi connectivity index (χ3v) is 4.05. The molecule has 4 unspecified atom stereocenters. The van der Waals surface area contributed by atoms with Crippen LogP contribution < -0.4 is 11.1 Å². The van der Waals surface area contributed by atoms with E-state index in [-0.39, 0.29) is 17.9 Å². The average molecular weight is 220 g/mol. The summed E-state index contributed by atoms with van der Waals surface area (Å²) in [6.45, 7) is 0. The van der Waals surface area contributed by atoms with Crippen molar-refractivity contribution >= 4 is 11.6 Å². The van der Waals surface area contributed by atoms with Crippen LogP contribution >= 0.6 is 0 Å². The highest BCUT2D eigenvalue weighted by molar-refractivity contribution is 5.93. The quantitative estimate of drug-likeness (QED) is 0.686. The van der Waals surface area contributed by atoms with Crippen molar-refractivity contribution in [3.63, 3.8) is 0 Å². The van der Waals surface area contributed by atoms with E-state index in [0.717, 1.165) is 18.5 Å². The maximum absolute atomic E-state index is 12.1. The third kappa shape index (κ3) is 1.43. The summed E-state index contributed by atoms with van der Waals surface area (Å²) in [5.74, 6) is 1.10. The topological polar surface area (TPSA) is 83.8 Å². The van der Waals surface area contributed by atoms with Gasteiger partial charge in [-0.05, 0) is 31.1 Å². The first kappa shape index (κ1) is 9.84. The largest absolute Gasteiger partial charge is 0.327 e. The first-order chi connectivity index (χ1) is 7.75. The molecule has 0 aliphatic heterocycles. The van der Waals surface area contributed by atoms with Crippen LogP contribution in [-0.4, -0.2) is 22.1 Å². The van der Waals surface area contributed by atoms with Gasteiger partial charge in [0.25, 0.3) is 0 Å². The third-order valence-electron chi connectivity index (χ3n) is 4.05. The summed E-state index contributed by atoms with van der Waals surface area (Å²) >= 11 is 0. The summed E-state index contributed by atoms with van der Waals surface area (Å²) in [6.07, 6.45) is 6.76. The maximum Gasteiger partial charge on any atom is 0.229 e. The second-order valence-corrected chi connectivity index (χ2v) is 4.91. The van der Waals surface area contributed by atoms with Gasteiger partial charge in [-0.2, -0.15) is 5.10 Å². The molecule has 0 radical (unpaired) electrons. The van der Waals surface area contributed by atoms with Gasteiger partial charge in [-0.3, -0.25) is 9.89 Å². The number of amides is 1. The monoisotopic (exact) mass is 220 g/mol. The van der Waals surface area contributed by atoms with E-state index < -0.39 is 0 Å². The van der Waals surface area contributed by atoms with Crippen LogP contribution in [0.3, 0.4) is 0 Å². The lowest BCUT2D eigenvalue weighted by Crippen LogP contribution is -2.42. The molecule has 86 valence electrons. The summed E-state index contributed by atoms with van der Waals surface area (Å²) in [5.41, 5.74) is 6.83. The summed E-state index contributed by atoms with van der Waals surface area (Å²) in [5, 5.41) is 9.34. The minimum Gasteiger partial charge on any atom is -0.327 e. The Kier molecular flexibility index (Phi) is 2.21. The molecule has 1 amide bonds. The molecule has 16 heavy (non-hydrogen) atoms. The van der Waals surface area contributed by atoms with Gasteiger partial charge in [-0.15, -0.1) is 0 Å². The predicted octanol–water partition coefficient (Wildman–Crippen LogP) is 0.722. The van der Waals surface area contributed by atoms with E-state index >= 15 is 0 Å². The van der Waals surface area contributed by atoms with Crippen molar-refractivity contribution < 1.29 is 4.79 Å². The molecule has 0 saturated heterocycles. The van der Waals surface area contributed by atoms with E-state index in [9.17, 15) is 4.79 Å². The van der Waals surface area contributed by atoms with Crippen LogP contribution in [0.15, 0.2) is 12.4 Å². The van der Waals surface area contributed by atoms with Crippen molar-refractivity contribution in [1.29, 1.82) is 0 Å². The number of fused-ring (bicyclic) bond motifs is 2. The van der Waals surface area contributed by atoms with Crippen molar-refractivity contribution in [2.24, 2.45) is 23.5 Å². The number of carbonyl (C=O) groups is 1. The zero-order valence-electron chi connectivity index (χ0n) is 9.02. The molecule has 2 saturated carbocycles. The van der Waals surface area contributed by atoms with Crippen LogP contribution in [-0.2, 0) is 4.79 Å². The summed E-state index contributed by atoms with van der Waals surface area (Å²) in [4.78, 5) is 12.1. The Hall–Kier alpha value is -1.36. The Balaban J connectivity index is 1.71. The average Bonchev–Trinajstić information content (AvgIpc) is 2.92. The van der Waals surface area contributed by atoms with Crippen LogP contribution in [0.25, 0.3) is 0 Å². The van der Waals surface area contributed by atoms with Gasteiger partial charge in [0.15, 0.2) is 0 Å². The van der Waals surface area contributed by atoms with Crippen molar-refractivity contribution in [2.75, 3.05) is 5.32 Å². The number of nitrogens with two attached hydrogens (primary N) is 1. The number of hydrogen-bond donors (Lipinski definition) is 3. The zero-order chi connectivity index (χ0) is 11.1. The number of nitrogens with zero attached hydrogens (tertiary/aromatic N) is 1. The van der Waals surface area contributed by atoms with Gasteiger partial charge in [-0.1, -0.05) is 0 Å². The molecule has 1 aromatic rings. The van der Waals surface area contributed by atoms with Crippen LogP contribution in [0.4, 0.5) is 5.69 Å². The zero-order valence-corrected chi connectivity index (χ0v) is 9.02. The first-order valence-corrected chi connectivity index (χ1v) is 5.81. The number of rotatable bonds is 2. The second kappa shape index (κ2) is 3.59. The summed E-state index contributed by atoms with van der Waals surface area (Å²) in [6, 6.07) is 0.0469. The Morgan fingerprint density at radius 2 is 2.31 bits per heavy atom. The number of aromatic amines is 1. The molecule has 1 aromatic heterocycles. The summed E-state index contributed by atoms with van der Waals surface area (Å²) in [7, 11) is 0. The van der Waals surface area contributed by atoms with Gasteiger partial charge in [0.1, 0.15) is 0 Å². The Labute approximate surface area is 93.8 Å². The van der Waals surface area contributed by atoms with E-state index in [4.69, 9.17) is 5.73 Å². The Morgan fingerprint density at radius 3 is 2.94 bits per heavy atom. The number of aromatic nitrogens is 2. The molecular weight excluding hydrogens is 204 g/mol. The fourth-order valence-corrected chi connectivity index (χ4v) is 3.27. The first-order valence-electron chi connectivity index (χ1n) is 5.81. The number of H-pyrrole nitrogens is 1. The fraction of sp³-hybridized carbons (Fsp3) is 0.636. The molecule has 3 rings (SSSR count). The highest BCUT2D eigenvalue weighted by Gasteiger charge is 2.49. The minimum atomic E-state index is -0.00588. The molecule has 2 aliphatic carbocycles. The molecule has 1 heterocycles. The van der Waals surface area contributed by atoms with E-state index in [2.05, 4.69) is 15.5 Å². The molecular formula is C11H16N4O. The van der Waals surface area contributed by atoms with E-state index in [0.29, 0.717) is 11.8 Å².